The summed E-state index contributed by atoms with van der Waals surface area (Å²) in [5.74, 6) is 0. The number of para-hydroxylation sites is 7. The average Bonchev–Trinajstić information content (AvgIpc) is 3.54. The lowest BCUT2D eigenvalue weighted by molar-refractivity contribution is 0.669. The van der Waals surface area contributed by atoms with E-state index in [0.717, 1.165) is 115 Å². The second kappa shape index (κ2) is 16.6. The van der Waals surface area contributed by atoms with Crippen molar-refractivity contribution in [3.63, 3.8) is 0 Å². The number of furan rings is 1. The first-order chi connectivity index (χ1) is 38.8. The summed E-state index contributed by atoms with van der Waals surface area (Å²) in [6.07, 6.45) is 0. The van der Waals surface area contributed by atoms with E-state index in [9.17, 15) is 10.5 Å². The van der Waals surface area contributed by atoms with E-state index in [2.05, 4.69) is 250 Å². The van der Waals surface area contributed by atoms with Crippen LogP contribution in [0.3, 0.4) is 0 Å². The summed E-state index contributed by atoms with van der Waals surface area (Å²) < 4.78 is 16.1. The first kappa shape index (κ1) is 44.9. The molecule has 370 valence electrons. The quantitative estimate of drug-likeness (QED) is 0.156. The van der Waals surface area contributed by atoms with E-state index in [-0.39, 0.29) is 0 Å². The molecule has 5 aromatic heterocycles. The van der Waals surface area contributed by atoms with Crippen molar-refractivity contribution in [3.05, 3.63) is 236 Å². The number of nitrogens with zero attached hydrogens (tertiary/aromatic N) is 6. The largest absolute Gasteiger partial charge is 0.456 e. The van der Waals surface area contributed by atoms with E-state index < -0.39 is 8.07 Å². The van der Waals surface area contributed by atoms with Gasteiger partial charge in [-0.15, -0.1) is 0 Å². The summed E-state index contributed by atoms with van der Waals surface area (Å²) in [6.45, 7) is 7.24. The lowest BCUT2D eigenvalue weighted by Crippen LogP contribution is -2.38. The molecule has 0 spiro atoms. The zero-order chi connectivity index (χ0) is 52.8. The molecule has 7 nitrogen and oxygen atoms in total. The maximum Gasteiger partial charge on any atom is 0.137 e. The van der Waals surface area contributed by atoms with E-state index in [4.69, 9.17) is 4.42 Å². The van der Waals surface area contributed by atoms with Crippen LogP contribution in [-0.4, -0.2) is 26.3 Å². The molecule has 0 aliphatic carbocycles. The van der Waals surface area contributed by atoms with Gasteiger partial charge in [-0.1, -0.05) is 189 Å². The number of rotatable bonds is 6. The molecule has 0 atom stereocenters. The van der Waals surface area contributed by atoms with Gasteiger partial charge in [0.1, 0.15) is 34.4 Å². The highest BCUT2D eigenvalue weighted by atomic mass is 28.3. The summed E-state index contributed by atoms with van der Waals surface area (Å²) in [5, 5.41) is 37.0. The van der Waals surface area contributed by atoms with Gasteiger partial charge in [-0.2, -0.15) is 10.5 Å². The van der Waals surface area contributed by atoms with Gasteiger partial charge in [0.15, 0.2) is 0 Å². The van der Waals surface area contributed by atoms with Gasteiger partial charge >= 0.3 is 0 Å². The molecule has 0 unspecified atom stereocenters. The molecule has 0 saturated heterocycles. The normalized spacial score (nSPS) is 12.2. The van der Waals surface area contributed by atoms with Crippen molar-refractivity contribution in [2.75, 3.05) is 0 Å². The molecule has 0 N–H and O–H groups in total. The predicted molar refractivity (Wildman–Crippen MR) is 329 cm³/mol. The first-order valence-corrected chi connectivity index (χ1v) is 30.3. The highest BCUT2D eigenvalue weighted by molar-refractivity contribution is 6.89. The predicted octanol–water partition coefficient (Wildman–Crippen LogP) is 17.9. The number of benzene rings is 11. The summed E-state index contributed by atoms with van der Waals surface area (Å²) in [5.41, 5.74) is 14.3. The smallest absolute Gasteiger partial charge is 0.137 e. The van der Waals surface area contributed by atoms with Crippen molar-refractivity contribution in [2.45, 2.75) is 19.6 Å². The third-order valence-electron chi connectivity index (χ3n) is 16.6. The molecule has 0 radical (unpaired) electrons. The van der Waals surface area contributed by atoms with Crippen molar-refractivity contribution in [2.24, 2.45) is 0 Å². The zero-order valence-corrected chi connectivity index (χ0v) is 44.5. The fraction of sp³-hybridized carbons (Fsp3) is 0.0423. The lowest BCUT2D eigenvalue weighted by Gasteiger charge is -2.27. The Kier molecular flexibility index (Phi) is 9.40. The van der Waals surface area contributed by atoms with Crippen molar-refractivity contribution < 1.29 is 4.42 Å². The second-order valence-electron chi connectivity index (χ2n) is 21.7. The topological polar surface area (TPSA) is 80.4 Å². The Morgan fingerprint density at radius 1 is 0.316 bits per heavy atom. The van der Waals surface area contributed by atoms with Gasteiger partial charge in [0.2, 0.25) is 0 Å². The Labute approximate surface area is 454 Å². The monoisotopic (exact) mass is 1030 g/mol. The molecule has 0 aliphatic heterocycles. The van der Waals surface area contributed by atoms with Gasteiger partial charge in [-0.05, 0) is 71.8 Å². The van der Waals surface area contributed by atoms with E-state index in [0.29, 0.717) is 33.9 Å². The summed E-state index contributed by atoms with van der Waals surface area (Å²) in [4.78, 5) is 0. The molecule has 5 heterocycles. The molecule has 16 rings (SSSR count). The minimum atomic E-state index is -1.94. The van der Waals surface area contributed by atoms with Crippen LogP contribution in [0.15, 0.2) is 229 Å². The Morgan fingerprint density at radius 3 is 1.18 bits per heavy atom. The molecule has 16 aromatic rings. The number of aromatic nitrogens is 4. The molecular formula is C71H46N6OSi. The van der Waals surface area contributed by atoms with Gasteiger partial charge < -0.3 is 22.7 Å². The van der Waals surface area contributed by atoms with Gasteiger partial charge in [-0.3, -0.25) is 0 Å². The zero-order valence-electron chi connectivity index (χ0n) is 43.5. The van der Waals surface area contributed by atoms with Gasteiger partial charge in [0.25, 0.3) is 0 Å². The van der Waals surface area contributed by atoms with Crippen LogP contribution in [0, 0.1) is 22.7 Å². The van der Waals surface area contributed by atoms with Crippen LogP contribution < -0.4 is 5.19 Å². The fourth-order valence-corrected chi connectivity index (χ4v) is 15.1. The highest BCUT2D eigenvalue weighted by Crippen LogP contribution is 2.51. The van der Waals surface area contributed by atoms with E-state index in [1.807, 2.05) is 24.3 Å². The highest BCUT2D eigenvalue weighted by Gasteiger charge is 2.36. The number of hydrogen-bond acceptors (Lipinski definition) is 3. The van der Waals surface area contributed by atoms with E-state index in [1.54, 1.807) is 0 Å². The maximum absolute atomic E-state index is 12.7. The van der Waals surface area contributed by atoms with Crippen LogP contribution in [-0.2, 0) is 0 Å². The second-order valence-corrected chi connectivity index (χ2v) is 26.8. The van der Waals surface area contributed by atoms with Crippen LogP contribution >= 0.6 is 0 Å². The maximum atomic E-state index is 12.7. The van der Waals surface area contributed by atoms with Crippen molar-refractivity contribution in [3.8, 4) is 46.0 Å². The van der Waals surface area contributed by atoms with Gasteiger partial charge in [0, 0.05) is 48.5 Å². The van der Waals surface area contributed by atoms with Gasteiger partial charge in [0.05, 0.1) is 80.3 Å². The first-order valence-electron chi connectivity index (χ1n) is 26.8. The van der Waals surface area contributed by atoms with Crippen LogP contribution in [0.5, 0.6) is 0 Å². The Balaban J connectivity index is 1.26. The van der Waals surface area contributed by atoms with Crippen molar-refractivity contribution in [1.82, 2.24) is 18.3 Å². The van der Waals surface area contributed by atoms with E-state index in [1.165, 1.54) is 10.8 Å². The molecule has 8 heteroatoms. The van der Waals surface area contributed by atoms with Gasteiger partial charge in [-0.25, -0.2) is 0 Å². The summed E-state index contributed by atoms with van der Waals surface area (Å²) >= 11 is 0. The van der Waals surface area contributed by atoms with Crippen LogP contribution in [0.4, 0.5) is 0 Å². The number of fused-ring (bicyclic) bond motifs is 16. The average molecular weight is 1030 g/mol. The van der Waals surface area contributed by atoms with Crippen LogP contribution in [0.2, 0.25) is 19.6 Å². The standard InChI is InChI=1S/C71H46N6OSi/c1-79(2,3)64-38-19-11-27-49(64)50-29-20-36-61-65(50)52-39-40-63-66(51-28-10-18-37-62(51)78-63)68(52)77(61)71-69(75-57-32-14-6-23-45(57)46-24-7-15-33-58(46)75)53(41-72)67(74-55-30-12-4-21-43(55)44-22-5-13-31-56(44)74)54(42-73)70(71)76-59-34-16-8-25-47(59)48-26-9-17-35-60(48)76/h4-40H,1-3H3. The van der Waals surface area contributed by atoms with Crippen LogP contribution in [0.1, 0.15) is 11.1 Å². The Bertz CT molecular complexity index is 5090. The minimum Gasteiger partial charge on any atom is -0.456 e. The minimum absolute atomic E-state index is 0.355. The Hall–Kier alpha value is -10.4. The number of nitriles is 2. The number of hydrogen-bond donors (Lipinski definition) is 0. The van der Waals surface area contributed by atoms with Crippen molar-refractivity contribution >= 4 is 122 Å². The summed E-state index contributed by atoms with van der Waals surface area (Å²) in [6, 6.07) is 84.8. The molecule has 0 bridgehead atoms. The Morgan fingerprint density at radius 2 is 0.709 bits per heavy atom. The third kappa shape index (κ3) is 6.09. The van der Waals surface area contributed by atoms with E-state index >= 15 is 0 Å². The van der Waals surface area contributed by atoms with Crippen LogP contribution in [0.25, 0.3) is 143 Å². The fourth-order valence-electron chi connectivity index (χ4n) is 13.5. The SMILES string of the molecule is C[Si](C)(C)c1ccccc1-c1cccc2c1c1ccc3oc4ccccc4c3c1n2-c1c(-n2c3ccccc3c3ccccc32)c(C#N)c(-n2c3ccccc3c3ccccc32)c(C#N)c1-n1c2ccccc2c2ccccc21. The molecule has 0 fully saturated rings. The molecule has 0 amide bonds. The molecule has 79 heavy (non-hydrogen) atoms. The molecule has 0 aliphatic rings. The summed E-state index contributed by atoms with van der Waals surface area (Å²) in [7, 11) is -1.94. The lowest BCUT2D eigenvalue weighted by atomic mass is 9.98. The van der Waals surface area contributed by atoms with Crippen molar-refractivity contribution in [1.29, 1.82) is 10.5 Å². The molecule has 0 saturated carbocycles. The molecular weight excluding hydrogens is 981 g/mol. The molecule has 11 aromatic carbocycles. The third-order valence-corrected chi connectivity index (χ3v) is 18.6.